The number of likely N-dealkylation sites (tertiary alicyclic amines) is 1. The molecule has 1 aromatic carbocycles. The van der Waals surface area contributed by atoms with Gasteiger partial charge in [-0.2, -0.15) is 0 Å². The molecule has 2 aliphatic rings. The molecule has 1 aromatic heterocycles. The summed E-state index contributed by atoms with van der Waals surface area (Å²) in [5.41, 5.74) is 2.04. The standard InChI is InChI=1S/C23H27FN4O2/c1-16-14-19(24)4-5-20(16)26-22(29)17-7-12-27(13-8-17)21-15-18(6-9-25-21)23(30)28-10-2-3-11-28/h4-6,9,14-15,17H,2-3,7-8,10-13H2,1H3,(H,26,29). The normalized spacial score (nSPS) is 17.3. The van der Waals surface area contributed by atoms with E-state index in [2.05, 4.69) is 15.2 Å². The summed E-state index contributed by atoms with van der Waals surface area (Å²) >= 11 is 0. The molecule has 2 aromatic rings. The molecule has 0 aliphatic carbocycles. The number of anilines is 2. The van der Waals surface area contributed by atoms with Crippen molar-refractivity contribution in [2.24, 2.45) is 5.92 Å². The molecule has 4 rings (SSSR count). The predicted molar refractivity (Wildman–Crippen MR) is 114 cm³/mol. The molecule has 0 unspecified atom stereocenters. The molecule has 0 atom stereocenters. The van der Waals surface area contributed by atoms with Gasteiger partial charge in [0, 0.05) is 49.5 Å². The van der Waals surface area contributed by atoms with Crippen LogP contribution in [0.2, 0.25) is 0 Å². The molecule has 2 aliphatic heterocycles. The molecular weight excluding hydrogens is 383 g/mol. The lowest BCUT2D eigenvalue weighted by molar-refractivity contribution is -0.120. The number of carbonyl (C=O) groups excluding carboxylic acids is 2. The SMILES string of the molecule is Cc1cc(F)ccc1NC(=O)C1CCN(c2cc(C(=O)N3CCCC3)ccn2)CC1. The summed E-state index contributed by atoms with van der Waals surface area (Å²) in [6.45, 7) is 4.84. The third-order valence-corrected chi connectivity index (χ3v) is 6.02. The Labute approximate surface area is 176 Å². The number of halogens is 1. The van der Waals surface area contributed by atoms with Gasteiger partial charge in [0.05, 0.1) is 0 Å². The van der Waals surface area contributed by atoms with Crippen molar-refractivity contribution in [3.8, 4) is 0 Å². The van der Waals surface area contributed by atoms with E-state index in [1.54, 1.807) is 25.3 Å². The number of benzene rings is 1. The lowest BCUT2D eigenvalue weighted by Crippen LogP contribution is -2.38. The van der Waals surface area contributed by atoms with Crippen molar-refractivity contribution in [2.45, 2.75) is 32.6 Å². The number of carbonyl (C=O) groups is 2. The molecule has 6 nitrogen and oxygen atoms in total. The lowest BCUT2D eigenvalue weighted by Gasteiger charge is -2.32. The van der Waals surface area contributed by atoms with E-state index in [-0.39, 0.29) is 23.5 Å². The number of aryl methyl sites for hydroxylation is 1. The average molecular weight is 410 g/mol. The van der Waals surface area contributed by atoms with Gasteiger partial charge in [-0.3, -0.25) is 9.59 Å². The zero-order valence-electron chi connectivity index (χ0n) is 17.2. The second-order valence-electron chi connectivity index (χ2n) is 8.11. The summed E-state index contributed by atoms with van der Waals surface area (Å²) in [5, 5.41) is 2.93. The Balaban J connectivity index is 1.35. The first-order valence-corrected chi connectivity index (χ1v) is 10.6. The van der Waals surface area contributed by atoms with Crippen molar-refractivity contribution in [1.82, 2.24) is 9.88 Å². The second kappa shape index (κ2) is 8.81. The van der Waals surface area contributed by atoms with E-state index in [4.69, 9.17) is 0 Å². The van der Waals surface area contributed by atoms with Crippen molar-refractivity contribution in [2.75, 3.05) is 36.4 Å². The molecule has 30 heavy (non-hydrogen) atoms. The second-order valence-corrected chi connectivity index (χ2v) is 8.11. The van der Waals surface area contributed by atoms with Crippen molar-refractivity contribution < 1.29 is 14.0 Å². The molecule has 3 heterocycles. The Bertz CT molecular complexity index is 935. The average Bonchev–Trinajstić information content (AvgIpc) is 3.30. The first kappa shape index (κ1) is 20.3. The van der Waals surface area contributed by atoms with Gasteiger partial charge in [0.25, 0.3) is 5.91 Å². The molecule has 2 amide bonds. The van der Waals surface area contributed by atoms with Crippen LogP contribution in [0.1, 0.15) is 41.6 Å². The van der Waals surface area contributed by atoms with Crippen LogP contribution in [0.15, 0.2) is 36.5 Å². The Morgan fingerprint density at radius 2 is 1.80 bits per heavy atom. The van der Waals surface area contributed by atoms with Gasteiger partial charge in [0.15, 0.2) is 0 Å². The number of hydrogen-bond acceptors (Lipinski definition) is 4. The third kappa shape index (κ3) is 4.45. The number of pyridine rings is 1. The molecule has 1 N–H and O–H groups in total. The summed E-state index contributed by atoms with van der Waals surface area (Å²) in [6, 6.07) is 8.01. The molecule has 7 heteroatoms. The van der Waals surface area contributed by atoms with E-state index in [9.17, 15) is 14.0 Å². The molecule has 0 saturated carbocycles. The number of hydrogen-bond donors (Lipinski definition) is 1. The van der Waals surface area contributed by atoms with E-state index in [0.29, 0.717) is 42.7 Å². The highest BCUT2D eigenvalue weighted by atomic mass is 19.1. The minimum absolute atomic E-state index is 0.0321. The van der Waals surface area contributed by atoms with Gasteiger partial charge < -0.3 is 15.1 Å². The smallest absolute Gasteiger partial charge is 0.254 e. The third-order valence-electron chi connectivity index (χ3n) is 6.02. The fourth-order valence-electron chi connectivity index (χ4n) is 4.20. The number of nitrogens with one attached hydrogen (secondary N) is 1. The number of aromatic nitrogens is 1. The van der Waals surface area contributed by atoms with Crippen LogP contribution in [-0.4, -0.2) is 47.9 Å². The van der Waals surface area contributed by atoms with Crippen LogP contribution >= 0.6 is 0 Å². The van der Waals surface area contributed by atoms with Crippen LogP contribution in [0.4, 0.5) is 15.9 Å². The van der Waals surface area contributed by atoms with Crippen LogP contribution < -0.4 is 10.2 Å². The number of amides is 2. The lowest BCUT2D eigenvalue weighted by atomic mass is 9.95. The monoisotopic (exact) mass is 410 g/mol. The van der Waals surface area contributed by atoms with Crippen molar-refractivity contribution in [3.05, 3.63) is 53.5 Å². The molecule has 0 radical (unpaired) electrons. The van der Waals surface area contributed by atoms with Crippen LogP contribution in [0.25, 0.3) is 0 Å². The maximum atomic E-state index is 13.3. The largest absolute Gasteiger partial charge is 0.357 e. The first-order chi connectivity index (χ1) is 14.5. The zero-order chi connectivity index (χ0) is 21.1. The van der Waals surface area contributed by atoms with E-state index in [0.717, 1.165) is 31.7 Å². The zero-order valence-corrected chi connectivity index (χ0v) is 17.2. The molecule has 158 valence electrons. The molecule has 0 bridgehead atoms. The fraction of sp³-hybridized carbons (Fsp3) is 0.435. The maximum absolute atomic E-state index is 13.3. The van der Waals surface area contributed by atoms with E-state index < -0.39 is 0 Å². The van der Waals surface area contributed by atoms with Crippen molar-refractivity contribution in [1.29, 1.82) is 0 Å². The first-order valence-electron chi connectivity index (χ1n) is 10.6. The van der Waals surface area contributed by atoms with Crippen LogP contribution in [0, 0.1) is 18.7 Å². The summed E-state index contributed by atoms with van der Waals surface area (Å²) in [5.74, 6) is 0.417. The molecule has 0 spiro atoms. The predicted octanol–water partition coefficient (Wildman–Crippen LogP) is 3.62. The Morgan fingerprint density at radius 3 is 2.50 bits per heavy atom. The van der Waals surface area contributed by atoms with Gasteiger partial charge in [-0.15, -0.1) is 0 Å². The van der Waals surface area contributed by atoms with Gasteiger partial charge in [0.2, 0.25) is 5.91 Å². The fourth-order valence-corrected chi connectivity index (χ4v) is 4.20. The highest BCUT2D eigenvalue weighted by Crippen LogP contribution is 2.25. The minimum Gasteiger partial charge on any atom is -0.357 e. The Hall–Kier alpha value is -2.96. The van der Waals surface area contributed by atoms with Gasteiger partial charge in [0.1, 0.15) is 11.6 Å². The minimum atomic E-state index is -0.309. The van der Waals surface area contributed by atoms with Crippen LogP contribution in [-0.2, 0) is 4.79 Å². The van der Waals surface area contributed by atoms with Crippen molar-refractivity contribution >= 4 is 23.3 Å². The van der Waals surface area contributed by atoms with Gasteiger partial charge in [-0.1, -0.05) is 0 Å². The summed E-state index contributed by atoms with van der Waals surface area (Å²) in [4.78, 5) is 33.8. The number of rotatable bonds is 4. The summed E-state index contributed by atoms with van der Waals surface area (Å²) < 4.78 is 13.3. The van der Waals surface area contributed by atoms with E-state index >= 15 is 0 Å². The van der Waals surface area contributed by atoms with Crippen molar-refractivity contribution in [3.63, 3.8) is 0 Å². The number of nitrogens with zero attached hydrogens (tertiary/aromatic N) is 3. The highest BCUT2D eigenvalue weighted by Gasteiger charge is 2.27. The topological polar surface area (TPSA) is 65.5 Å². The quantitative estimate of drug-likeness (QED) is 0.836. The van der Waals surface area contributed by atoms with Gasteiger partial charge in [-0.05, 0) is 68.5 Å². The van der Waals surface area contributed by atoms with Gasteiger partial charge >= 0.3 is 0 Å². The van der Waals surface area contributed by atoms with E-state index in [1.165, 1.54) is 12.1 Å². The van der Waals surface area contributed by atoms with Crippen LogP contribution in [0.3, 0.4) is 0 Å². The molecular formula is C23H27FN4O2. The molecule has 2 saturated heterocycles. The summed E-state index contributed by atoms with van der Waals surface area (Å²) in [7, 11) is 0. The Kier molecular flexibility index (Phi) is 5.97. The summed E-state index contributed by atoms with van der Waals surface area (Å²) in [6.07, 6.45) is 5.23. The van der Waals surface area contributed by atoms with E-state index in [1.807, 2.05) is 11.0 Å². The van der Waals surface area contributed by atoms with Gasteiger partial charge in [-0.25, -0.2) is 9.37 Å². The number of piperidine rings is 1. The Morgan fingerprint density at radius 1 is 1.07 bits per heavy atom. The maximum Gasteiger partial charge on any atom is 0.254 e. The molecule has 2 fully saturated rings. The van der Waals surface area contributed by atoms with Crippen LogP contribution in [0.5, 0.6) is 0 Å². The highest BCUT2D eigenvalue weighted by molar-refractivity contribution is 5.95.